The summed E-state index contributed by atoms with van der Waals surface area (Å²) in [6, 6.07) is 3.35. The average molecular weight is 262 g/mol. The van der Waals surface area contributed by atoms with Gasteiger partial charge in [-0.3, -0.25) is 9.59 Å². The summed E-state index contributed by atoms with van der Waals surface area (Å²) in [5, 5.41) is 3.22. The molecule has 0 spiro atoms. The van der Waals surface area contributed by atoms with Crippen molar-refractivity contribution in [2.75, 3.05) is 12.4 Å². The summed E-state index contributed by atoms with van der Waals surface area (Å²) in [7, 11) is 1.25. The highest BCUT2D eigenvalue weighted by Gasteiger charge is 2.37. The topological polar surface area (TPSA) is 55.4 Å². The molecule has 1 rings (SSSR count). The zero-order valence-electron chi connectivity index (χ0n) is 9.17. The second-order valence-corrected chi connectivity index (χ2v) is 5.39. The molecule has 1 aromatic heterocycles. The van der Waals surface area contributed by atoms with Gasteiger partial charge in [-0.1, -0.05) is 11.6 Å². The van der Waals surface area contributed by atoms with Crippen LogP contribution in [0.15, 0.2) is 12.1 Å². The number of amides is 1. The fraction of sp³-hybridized carbons (Fsp3) is 0.400. The molecule has 6 heteroatoms. The number of carbonyl (C=O) groups is 2. The maximum atomic E-state index is 11.8. The van der Waals surface area contributed by atoms with Gasteiger partial charge >= 0.3 is 5.97 Å². The van der Waals surface area contributed by atoms with E-state index in [0.717, 1.165) is 0 Å². The van der Waals surface area contributed by atoms with Crippen molar-refractivity contribution in [1.29, 1.82) is 0 Å². The molecule has 4 nitrogen and oxygen atoms in total. The van der Waals surface area contributed by atoms with Gasteiger partial charge in [-0.05, 0) is 26.0 Å². The number of hydrogen-bond donors (Lipinski definition) is 1. The van der Waals surface area contributed by atoms with Crippen molar-refractivity contribution in [1.82, 2.24) is 0 Å². The molecule has 0 saturated heterocycles. The van der Waals surface area contributed by atoms with E-state index in [4.69, 9.17) is 11.6 Å². The first-order valence-corrected chi connectivity index (χ1v) is 5.72. The molecule has 0 radical (unpaired) electrons. The molecule has 0 aliphatic rings. The first-order valence-electron chi connectivity index (χ1n) is 4.53. The lowest BCUT2D eigenvalue weighted by Crippen LogP contribution is -2.38. The molecule has 1 heterocycles. The molecule has 1 aromatic rings. The Bertz CT molecular complexity index is 414. The summed E-state index contributed by atoms with van der Waals surface area (Å²) < 4.78 is 5.13. The lowest BCUT2D eigenvalue weighted by Gasteiger charge is -2.19. The molecular formula is C10H12ClNO3S. The molecule has 0 bridgehead atoms. The Morgan fingerprint density at radius 1 is 1.44 bits per heavy atom. The average Bonchev–Trinajstić information content (AvgIpc) is 2.62. The number of nitrogens with one attached hydrogen (secondary N) is 1. The van der Waals surface area contributed by atoms with Crippen LogP contribution in [0, 0.1) is 5.41 Å². The first-order chi connectivity index (χ1) is 7.37. The monoisotopic (exact) mass is 261 g/mol. The van der Waals surface area contributed by atoms with E-state index in [-0.39, 0.29) is 0 Å². The number of hydrogen-bond acceptors (Lipinski definition) is 4. The molecule has 0 atom stereocenters. The molecule has 0 aliphatic carbocycles. The van der Waals surface area contributed by atoms with Crippen LogP contribution >= 0.6 is 22.9 Å². The predicted molar refractivity (Wildman–Crippen MR) is 63.8 cm³/mol. The van der Waals surface area contributed by atoms with E-state index in [0.29, 0.717) is 9.34 Å². The summed E-state index contributed by atoms with van der Waals surface area (Å²) in [5.74, 6) is -0.995. The molecule has 0 unspecified atom stereocenters. The number of anilines is 1. The van der Waals surface area contributed by atoms with E-state index in [1.54, 1.807) is 12.1 Å². The van der Waals surface area contributed by atoms with Crippen molar-refractivity contribution in [2.24, 2.45) is 5.41 Å². The van der Waals surface area contributed by atoms with Gasteiger partial charge in [0.1, 0.15) is 5.41 Å². The molecule has 1 N–H and O–H groups in total. The number of ether oxygens (including phenoxy) is 1. The molecule has 16 heavy (non-hydrogen) atoms. The van der Waals surface area contributed by atoms with E-state index < -0.39 is 17.3 Å². The molecule has 88 valence electrons. The lowest BCUT2D eigenvalue weighted by atomic mass is 9.92. The Morgan fingerprint density at radius 2 is 2.06 bits per heavy atom. The van der Waals surface area contributed by atoms with Crippen molar-refractivity contribution in [3.8, 4) is 0 Å². The number of rotatable bonds is 3. The van der Waals surface area contributed by atoms with Gasteiger partial charge in [0, 0.05) is 0 Å². The normalized spacial score (nSPS) is 11.0. The molecule has 1 amide bonds. The number of methoxy groups -OCH3 is 1. The fourth-order valence-electron chi connectivity index (χ4n) is 0.997. The van der Waals surface area contributed by atoms with Crippen molar-refractivity contribution >= 4 is 39.8 Å². The SMILES string of the molecule is COC(=O)C(C)(C)C(=O)Nc1ccc(Cl)s1. The third-order valence-corrected chi connectivity index (χ3v) is 3.22. The Morgan fingerprint density at radius 3 is 2.50 bits per heavy atom. The number of carbonyl (C=O) groups excluding carboxylic acids is 2. The van der Waals surface area contributed by atoms with Crippen molar-refractivity contribution < 1.29 is 14.3 Å². The van der Waals surface area contributed by atoms with E-state index in [1.807, 2.05) is 0 Å². The standard InChI is InChI=1S/C10H12ClNO3S/c1-10(2,9(14)15-3)8(13)12-7-5-4-6(11)16-7/h4-5H,1-3H3,(H,12,13). The van der Waals surface area contributed by atoms with Gasteiger partial charge in [0.2, 0.25) is 5.91 Å². The van der Waals surface area contributed by atoms with Gasteiger partial charge in [0.25, 0.3) is 0 Å². The second kappa shape index (κ2) is 4.84. The smallest absolute Gasteiger partial charge is 0.320 e. The highest BCUT2D eigenvalue weighted by atomic mass is 35.5. The summed E-state index contributed by atoms with van der Waals surface area (Å²) in [4.78, 5) is 23.2. The van der Waals surface area contributed by atoms with E-state index >= 15 is 0 Å². The van der Waals surface area contributed by atoms with Crippen LogP contribution in [0.5, 0.6) is 0 Å². The van der Waals surface area contributed by atoms with Crippen LogP contribution in [-0.2, 0) is 14.3 Å². The summed E-state index contributed by atoms with van der Waals surface area (Å²) in [6.07, 6.45) is 0. The fourth-order valence-corrected chi connectivity index (χ4v) is 1.94. The van der Waals surface area contributed by atoms with Gasteiger partial charge in [0.05, 0.1) is 16.4 Å². The van der Waals surface area contributed by atoms with Crippen LogP contribution in [0.25, 0.3) is 0 Å². The Hall–Kier alpha value is -1.07. The Kier molecular flexibility index (Phi) is 3.93. The first kappa shape index (κ1) is 13.0. The Labute approximate surface area is 103 Å². The van der Waals surface area contributed by atoms with E-state index in [1.165, 1.54) is 32.3 Å². The zero-order valence-corrected chi connectivity index (χ0v) is 10.7. The zero-order chi connectivity index (χ0) is 12.3. The van der Waals surface area contributed by atoms with Crippen LogP contribution in [0.3, 0.4) is 0 Å². The quantitative estimate of drug-likeness (QED) is 0.672. The van der Waals surface area contributed by atoms with Crippen LogP contribution in [0.4, 0.5) is 5.00 Å². The van der Waals surface area contributed by atoms with Gasteiger partial charge in [-0.2, -0.15) is 0 Å². The van der Waals surface area contributed by atoms with E-state index in [2.05, 4.69) is 10.1 Å². The van der Waals surface area contributed by atoms with Crippen molar-refractivity contribution in [3.63, 3.8) is 0 Å². The number of thiophene rings is 1. The van der Waals surface area contributed by atoms with Gasteiger partial charge in [-0.25, -0.2) is 0 Å². The second-order valence-electron chi connectivity index (χ2n) is 3.67. The number of esters is 1. The summed E-state index contributed by atoms with van der Waals surface area (Å²) >= 11 is 6.96. The highest BCUT2D eigenvalue weighted by Crippen LogP contribution is 2.28. The third kappa shape index (κ3) is 2.74. The van der Waals surface area contributed by atoms with Crippen LogP contribution < -0.4 is 5.32 Å². The third-order valence-electron chi connectivity index (χ3n) is 2.07. The predicted octanol–water partition coefficient (Wildman–Crippen LogP) is 2.54. The van der Waals surface area contributed by atoms with Gasteiger partial charge < -0.3 is 10.1 Å². The van der Waals surface area contributed by atoms with Gasteiger partial charge in [0.15, 0.2) is 0 Å². The summed E-state index contributed by atoms with van der Waals surface area (Å²) in [5.41, 5.74) is -1.22. The highest BCUT2D eigenvalue weighted by molar-refractivity contribution is 7.20. The maximum absolute atomic E-state index is 11.8. The molecule has 0 aliphatic heterocycles. The number of halogens is 1. The lowest BCUT2D eigenvalue weighted by molar-refractivity contribution is -0.154. The van der Waals surface area contributed by atoms with Crippen molar-refractivity contribution in [3.05, 3.63) is 16.5 Å². The molecule has 0 aromatic carbocycles. The minimum atomic E-state index is -1.22. The summed E-state index contributed by atoms with van der Waals surface area (Å²) in [6.45, 7) is 3.01. The molecule has 0 saturated carbocycles. The maximum Gasteiger partial charge on any atom is 0.320 e. The van der Waals surface area contributed by atoms with E-state index in [9.17, 15) is 9.59 Å². The van der Waals surface area contributed by atoms with Crippen LogP contribution in [0.2, 0.25) is 4.34 Å². The minimum absolute atomic E-state index is 0.419. The largest absolute Gasteiger partial charge is 0.468 e. The molecule has 0 fully saturated rings. The van der Waals surface area contributed by atoms with Crippen LogP contribution in [0.1, 0.15) is 13.8 Å². The van der Waals surface area contributed by atoms with Crippen LogP contribution in [-0.4, -0.2) is 19.0 Å². The van der Waals surface area contributed by atoms with Crippen molar-refractivity contribution in [2.45, 2.75) is 13.8 Å². The minimum Gasteiger partial charge on any atom is -0.468 e. The Balaban J connectivity index is 2.75. The molecular weight excluding hydrogens is 250 g/mol. The van der Waals surface area contributed by atoms with Gasteiger partial charge in [-0.15, -0.1) is 11.3 Å².